The highest BCUT2D eigenvalue weighted by Gasteiger charge is 2.42. The number of rotatable bonds is 3. The summed E-state index contributed by atoms with van der Waals surface area (Å²) < 4.78 is 51.0. The third kappa shape index (κ3) is 3.96. The monoisotopic (exact) mass is 322 g/mol. The summed E-state index contributed by atoms with van der Waals surface area (Å²) in [4.78, 5) is 12.1. The maximum Gasteiger partial charge on any atom is 0.391 e. The van der Waals surface area contributed by atoms with Crippen LogP contribution in [-0.4, -0.2) is 12.0 Å². The number of benzene rings is 1. The van der Waals surface area contributed by atoms with E-state index in [0.29, 0.717) is 5.56 Å². The molecule has 0 heterocycles. The largest absolute Gasteiger partial charge is 0.391 e. The van der Waals surface area contributed by atoms with E-state index in [1.807, 2.05) is 0 Å². The Balaban J connectivity index is 1.95. The fourth-order valence-corrected chi connectivity index (χ4v) is 2.95. The van der Waals surface area contributed by atoms with Crippen LogP contribution in [0.15, 0.2) is 18.2 Å². The molecular formula is C15H15ClF4O. The van der Waals surface area contributed by atoms with E-state index in [1.165, 1.54) is 12.1 Å². The summed E-state index contributed by atoms with van der Waals surface area (Å²) in [6, 6.07) is 4.22. The van der Waals surface area contributed by atoms with Crippen LogP contribution in [0.25, 0.3) is 0 Å². The van der Waals surface area contributed by atoms with Gasteiger partial charge in [-0.25, -0.2) is 4.39 Å². The van der Waals surface area contributed by atoms with Crippen molar-refractivity contribution < 1.29 is 22.4 Å². The lowest BCUT2D eigenvalue weighted by Crippen LogP contribution is -2.30. The molecule has 0 amide bonds. The summed E-state index contributed by atoms with van der Waals surface area (Å²) in [5, 5.41) is -0.0881. The van der Waals surface area contributed by atoms with Crippen LogP contribution in [0, 0.1) is 17.7 Å². The highest BCUT2D eigenvalue weighted by atomic mass is 35.5. The fourth-order valence-electron chi connectivity index (χ4n) is 2.76. The molecule has 1 aliphatic carbocycles. The molecule has 0 bridgehead atoms. The molecule has 116 valence electrons. The van der Waals surface area contributed by atoms with Gasteiger partial charge in [-0.05, 0) is 37.3 Å². The van der Waals surface area contributed by atoms with Gasteiger partial charge in [0.15, 0.2) is 0 Å². The van der Waals surface area contributed by atoms with E-state index in [0.717, 1.165) is 0 Å². The summed E-state index contributed by atoms with van der Waals surface area (Å²) in [5.74, 6) is -2.45. The number of ketones is 1. The van der Waals surface area contributed by atoms with Gasteiger partial charge < -0.3 is 0 Å². The van der Waals surface area contributed by atoms with Gasteiger partial charge in [-0.2, -0.15) is 13.2 Å². The molecule has 2 rings (SSSR count). The van der Waals surface area contributed by atoms with E-state index in [1.54, 1.807) is 6.07 Å². The van der Waals surface area contributed by atoms with Crippen LogP contribution in [0.5, 0.6) is 0 Å². The first kappa shape index (κ1) is 16.3. The Morgan fingerprint density at radius 2 is 1.81 bits per heavy atom. The van der Waals surface area contributed by atoms with Crippen molar-refractivity contribution in [3.05, 3.63) is 34.6 Å². The van der Waals surface area contributed by atoms with Gasteiger partial charge in [-0.1, -0.05) is 23.7 Å². The topological polar surface area (TPSA) is 17.1 Å². The van der Waals surface area contributed by atoms with Gasteiger partial charge >= 0.3 is 6.18 Å². The number of halogens is 5. The minimum atomic E-state index is -4.18. The molecule has 1 aromatic carbocycles. The molecule has 1 fully saturated rings. The second-order valence-corrected chi connectivity index (χ2v) is 5.82. The van der Waals surface area contributed by atoms with Crippen molar-refractivity contribution in [1.29, 1.82) is 0 Å². The maximum absolute atomic E-state index is 13.3. The van der Waals surface area contributed by atoms with E-state index >= 15 is 0 Å². The Bertz CT molecular complexity index is 519. The number of hydrogen-bond donors (Lipinski definition) is 0. The maximum atomic E-state index is 13.3. The summed E-state index contributed by atoms with van der Waals surface area (Å²) in [6.45, 7) is 0. The van der Waals surface area contributed by atoms with E-state index in [2.05, 4.69) is 0 Å². The summed E-state index contributed by atoms with van der Waals surface area (Å²) >= 11 is 5.78. The lowest BCUT2D eigenvalue weighted by Gasteiger charge is -2.29. The molecule has 0 saturated heterocycles. The molecular weight excluding hydrogens is 308 g/mol. The van der Waals surface area contributed by atoms with Crippen LogP contribution in [0.2, 0.25) is 5.02 Å². The molecule has 1 aliphatic rings. The second kappa shape index (κ2) is 6.34. The Morgan fingerprint density at radius 3 is 2.38 bits per heavy atom. The van der Waals surface area contributed by atoms with E-state index in [-0.39, 0.29) is 48.8 Å². The first-order valence-electron chi connectivity index (χ1n) is 6.81. The average molecular weight is 323 g/mol. The Morgan fingerprint density at radius 1 is 1.19 bits per heavy atom. The molecule has 0 unspecified atom stereocenters. The number of carbonyl (C=O) groups excluding carboxylic acids is 1. The van der Waals surface area contributed by atoms with Gasteiger partial charge in [0, 0.05) is 12.3 Å². The normalized spacial score (nSPS) is 23.1. The Hall–Kier alpha value is -1.10. The van der Waals surface area contributed by atoms with Crippen LogP contribution in [0.1, 0.15) is 31.2 Å². The van der Waals surface area contributed by atoms with E-state index in [9.17, 15) is 22.4 Å². The van der Waals surface area contributed by atoms with E-state index < -0.39 is 17.9 Å². The molecule has 6 heteroatoms. The molecule has 0 aromatic heterocycles. The Labute approximate surface area is 125 Å². The first-order valence-corrected chi connectivity index (χ1v) is 7.19. The van der Waals surface area contributed by atoms with Crippen LogP contribution >= 0.6 is 11.6 Å². The van der Waals surface area contributed by atoms with Crippen molar-refractivity contribution in [2.24, 2.45) is 11.8 Å². The summed E-state index contributed by atoms with van der Waals surface area (Å²) in [5.41, 5.74) is 0.389. The molecule has 1 aromatic rings. The zero-order valence-electron chi connectivity index (χ0n) is 11.2. The van der Waals surface area contributed by atoms with Crippen LogP contribution < -0.4 is 0 Å². The molecule has 1 nitrogen and oxygen atoms in total. The third-order valence-corrected chi connectivity index (χ3v) is 4.46. The van der Waals surface area contributed by atoms with Gasteiger partial charge in [-0.15, -0.1) is 0 Å². The second-order valence-electron chi connectivity index (χ2n) is 5.45. The molecule has 0 atom stereocenters. The summed E-state index contributed by atoms with van der Waals surface area (Å²) in [6.07, 6.45) is -3.78. The number of alkyl halides is 3. The first-order chi connectivity index (χ1) is 9.79. The van der Waals surface area contributed by atoms with Crippen molar-refractivity contribution in [3.8, 4) is 0 Å². The van der Waals surface area contributed by atoms with Gasteiger partial charge in [0.05, 0.1) is 10.9 Å². The smallest absolute Gasteiger partial charge is 0.299 e. The van der Waals surface area contributed by atoms with Gasteiger partial charge in [0.25, 0.3) is 0 Å². The molecule has 0 N–H and O–H groups in total. The molecule has 1 saturated carbocycles. The SMILES string of the molecule is O=C(Cc1cccc(F)c1Cl)C1CCC(C(F)(F)F)CC1. The van der Waals surface area contributed by atoms with Crippen LogP contribution in [-0.2, 0) is 11.2 Å². The van der Waals surface area contributed by atoms with Crippen LogP contribution in [0.4, 0.5) is 17.6 Å². The van der Waals surface area contributed by atoms with Crippen molar-refractivity contribution in [2.45, 2.75) is 38.3 Å². The van der Waals surface area contributed by atoms with E-state index in [4.69, 9.17) is 11.6 Å². The van der Waals surface area contributed by atoms with Gasteiger partial charge in [0.1, 0.15) is 11.6 Å². The van der Waals surface area contributed by atoms with Crippen molar-refractivity contribution >= 4 is 17.4 Å². The number of carbonyl (C=O) groups is 1. The number of Topliss-reactive ketones (excluding diaryl/α,β-unsaturated/α-hetero) is 1. The Kier molecular flexibility index (Phi) is 4.91. The van der Waals surface area contributed by atoms with Gasteiger partial charge in [-0.3, -0.25) is 4.79 Å². The van der Waals surface area contributed by atoms with Crippen molar-refractivity contribution in [1.82, 2.24) is 0 Å². The highest BCUT2D eigenvalue weighted by Crippen LogP contribution is 2.40. The summed E-state index contributed by atoms with van der Waals surface area (Å²) in [7, 11) is 0. The predicted molar refractivity (Wildman–Crippen MR) is 71.6 cm³/mol. The average Bonchev–Trinajstić information content (AvgIpc) is 2.43. The fraction of sp³-hybridized carbons (Fsp3) is 0.533. The quantitative estimate of drug-likeness (QED) is 0.719. The van der Waals surface area contributed by atoms with Crippen molar-refractivity contribution in [2.75, 3.05) is 0 Å². The van der Waals surface area contributed by atoms with Gasteiger partial charge in [0.2, 0.25) is 0 Å². The minimum absolute atomic E-state index is 0.0171. The predicted octanol–water partition coefficient (Wildman–Crippen LogP) is 4.96. The lowest BCUT2D eigenvalue weighted by molar-refractivity contribution is -0.184. The lowest BCUT2D eigenvalue weighted by atomic mass is 9.78. The molecule has 0 radical (unpaired) electrons. The highest BCUT2D eigenvalue weighted by molar-refractivity contribution is 6.31. The minimum Gasteiger partial charge on any atom is -0.299 e. The zero-order valence-corrected chi connectivity index (χ0v) is 12.0. The number of hydrogen-bond acceptors (Lipinski definition) is 1. The third-order valence-electron chi connectivity index (χ3n) is 4.04. The standard InChI is InChI=1S/C15H15ClF4O/c16-14-10(2-1-3-12(14)17)8-13(21)9-4-6-11(7-5-9)15(18,19)20/h1-3,9,11H,4-8H2. The molecule has 0 aliphatic heterocycles. The molecule has 0 spiro atoms. The zero-order chi connectivity index (χ0) is 15.6. The molecule has 21 heavy (non-hydrogen) atoms. The van der Waals surface area contributed by atoms with Crippen molar-refractivity contribution in [3.63, 3.8) is 0 Å². The van der Waals surface area contributed by atoms with Crippen LogP contribution in [0.3, 0.4) is 0 Å².